The Morgan fingerprint density at radius 1 is 1.46 bits per heavy atom. The molecule has 0 spiro atoms. The van der Waals surface area contributed by atoms with E-state index in [0.717, 1.165) is 5.57 Å². The molecule has 0 saturated heterocycles. The van der Waals surface area contributed by atoms with Gasteiger partial charge in [-0.05, 0) is 23.2 Å². The van der Waals surface area contributed by atoms with Crippen molar-refractivity contribution in [2.75, 3.05) is 0 Å². The highest BCUT2D eigenvalue weighted by atomic mass is 14.5. The van der Waals surface area contributed by atoms with Crippen molar-refractivity contribution in [3.8, 4) is 6.07 Å². The average molecular weight is 177 g/mol. The Labute approximate surface area is 81.5 Å². The van der Waals surface area contributed by atoms with E-state index < -0.39 is 0 Å². The molecule has 1 heteroatoms. The predicted molar refractivity (Wildman–Crippen MR) is 55.0 cm³/mol. The molecule has 0 heterocycles. The normalized spacial score (nSPS) is 26.8. The lowest BCUT2D eigenvalue weighted by Crippen LogP contribution is -2.08. The maximum absolute atomic E-state index is 8.99. The first-order chi connectivity index (χ1) is 5.77. The zero-order valence-corrected chi connectivity index (χ0v) is 9.31. The summed E-state index contributed by atoms with van der Waals surface area (Å²) in [6.45, 7) is 10.8. The standard InChI is InChI=1S/C12H19N/c1-11(2,3)10(8-13)6-9-7-12(9,4)5/h6,9H,7H2,1-5H3/b10-6+. The van der Waals surface area contributed by atoms with Crippen LogP contribution < -0.4 is 0 Å². The van der Waals surface area contributed by atoms with E-state index in [0.29, 0.717) is 11.3 Å². The molecule has 1 aliphatic rings. The van der Waals surface area contributed by atoms with Crippen LogP contribution in [0.25, 0.3) is 0 Å². The molecule has 1 unspecified atom stereocenters. The van der Waals surface area contributed by atoms with Crippen molar-refractivity contribution in [2.24, 2.45) is 16.7 Å². The molecule has 1 nitrogen and oxygen atoms in total. The van der Waals surface area contributed by atoms with Crippen LogP contribution in [0.1, 0.15) is 41.0 Å². The molecule has 0 bridgehead atoms. The van der Waals surface area contributed by atoms with E-state index in [1.54, 1.807) is 0 Å². The summed E-state index contributed by atoms with van der Waals surface area (Å²) in [5.41, 5.74) is 1.38. The Morgan fingerprint density at radius 2 is 1.92 bits per heavy atom. The topological polar surface area (TPSA) is 23.8 Å². The van der Waals surface area contributed by atoms with Crippen molar-refractivity contribution in [3.63, 3.8) is 0 Å². The third-order valence-corrected chi connectivity index (χ3v) is 2.89. The summed E-state index contributed by atoms with van der Waals surface area (Å²) in [6, 6.07) is 2.31. The zero-order chi connectivity index (χ0) is 10.3. The molecule has 0 aliphatic heterocycles. The third-order valence-electron chi connectivity index (χ3n) is 2.89. The van der Waals surface area contributed by atoms with E-state index in [1.807, 2.05) is 0 Å². The van der Waals surface area contributed by atoms with E-state index >= 15 is 0 Å². The minimum atomic E-state index is 0.00736. The lowest BCUT2D eigenvalue weighted by Gasteiger charge is -2.17. The van der Waals surface area contributed by atoms with Crippen molar-refractivity contribution >= 4 is 0 Å². The maximum atomic E-state index is 8.99. The van der Waals surface area contributed by atoms with Gasteiger partial charge in [0.05, 0.1) is 6.07 Å². The Morgan fingerprint density at radius 3 is 2.15 bits per heavy atom. The second kappa shape index (κ2) is 2.87. The first-order valence-electron chi connectivity index (χ1n) is 4.90. The third kappa shape index (κ3) is 2.34. The van der Waals surface area contributed by atoms with Crippen LogP contribution in [0.3, 0.4) is 0 Å². The van der Waals surface area contributed by atoms with Crippen molar-refractivity contribution in [2.45, 2.75) is 41.0 Å². The fraction of sp³-hybridized carbons (Fsp3) is 0.750. The van der Waals surface area contributed by atoms with Gasteiger partial charge in [0.2, 0.25) is 0 Å². The van der Waals surface area contributed by atoms with Gasteiger partial charge in [0.1, 0.15) is 0 Å². The lowest BCUT2D eigenvalue weighted by molar-refractivity contribution is 0.512. The van der Waals surface area contributed by atoms with E-state index in [1.165, 1.54) is 6.42 Å². The van der Waals surface area contributed by atoms with Gasteiger partial charge in [0.15, 0.2) is 0 Å². The maximum Gasteiger partial charge on any atom is 0.0949 e. The van der Waals surface area contributed by atoms with E-state index in [2.05, 4.69) is 46.8 Å². The summed E-state index contributed by atoms with van der Waals surface area (Å²) in [6.07, 6.45) is 3.40. The highest BCUT2D eigenvalue weighted by Crippen LogP contribution is 2.53. The Kier molecular flexibility index (Phi) is 2.28. The van der Waals surface area contributed by atoms with Gasteiger partial charge in [-0.1, -0.05) is 40.7 Å². The van der Waals surface area contributed by atoms with Gasteiger partial charge in [-0.25, -0.2) is 0 Å². The highest BCUT2D eigenvalue weighted by molar-refractivity contribution is 5.30. The number of allylic oxidation sites excluding steroid dienone is 2. The molecule has 1 fully saturated rings. The van der Waals surface area contributed by atoms with Crippen LogP contribution in [0.4, 0.5) is 0 Å². The van der Waals surface area contributed by atoms with Crippen LogP contribution >= 0.6 is 0 Å². The van der Waals surface area contributed by atoms with Crippen LogP contribution in [-0.4, -0.2) is 0 Å². The molecule has 1 rings (SSSR count). The van der Waals surface area contributed by atoms with Crippen LogP contribution in [0.5, 0.6) is 0 Å². The quantitative estimate of drug-likeness (QED) is 0.562. The molecule has 1 saturated carbocycles. The molecule has 13 heavy (non-hydrogen) atoms. The summed E-state index contributed by atoms with van der Waals surface area (Å²) in [7, 11) is 0. The average Bonchev–Trinajstić information content (AvgIpc) is 2.51. The highest BCUT2D eigenvalue weighted by Gasteiger charge is 2.44. The number of rotatable bonds is 1. The summed E-state index contributed by atoms with van der Waals surface area (Å²) < 4.78 is 0. The fourth-order valence-corrected chi connectivity index (χ4v) is 1.45. The van der Waals surface area contributed by atoms with Gasteiger partial charge in [0.25, 0.3) is 0 Å². The minimum Gasteiger partial charge on any atom is -0.193 e. The second-order valence-electron chi connectivity index (χ2n) is 5.74. The van der Waals surface area contributed by atoms with E-state index in [-0.39, 0.29) is 5.41 Å². The number of nitriles is 1. The van der Waals surface area contributed by atoms with Crippen LogP contribution in [0, 0.1) is 28.1 Å². The van der Waals surface area contributed by atoms with Crippen LogP contribution in [-0.2, 0) is 0 Å². The van der Waals surface area contributed by atoms with Gasteiger partial charge >= 0.3 is 0 Å². The molecule has 72 valence electrons. The monoisotopic (exact) mass is 177 g/mol. The van der Waals surface area contributed by atoms with Crippen molar-refractivity contribution < 1.29 is 0 Å². The largest absolute Gasteiger partial charge is 0.193 e. The summed E-state index contributed by atoms with van der Waals surface area (Å²) >= 11 is 0. The molecule has 0 aromatic heterocycles. The molecular formula is C12H19N. The molecule has 1 atom stereocenters. The summed E-state index contributed by atoms with van der Waals surface area (Å²) in [5.74, 6) is 0.626. The molecule has 0 radical (unpaired) electrons. The first kappa shape index (κ1) is 10.3. The van der Waals surface area contributed by atoms with Gasteiger partial charge in [-0.2, -0.15) is 5.26 Å². The van der Waals surface area contributed by atoms with Crippen LogP contribution in [0.15, 0.2) is 11.6 Å². The molecule has 0 amide bonds. The van der Waals surface area contributed by atoms with Gasteiger partial charge in [0, 0.05) is 5.57 Å². The molecule has 0 N–H and O–H groups in total. The SMILES string of the molecule is CC(C)(C)/C(C#N)=C/C1CC1(C)C. The Hall–Kier alpha value is -0.770. The van der Waals surface area contributed by atoms with E-state index in [9.17, 15) is 0 Å². The van der Waals surface area contributed by atoms with Crippen molar-refractivity contribution in [1.29, 1.82) is 5.26 Å². The molecule has 0 aromatic rings. The van der Waals surface area contributed by atoms with Crippen molar-refractivity contribution in [1.82, 2.24) is 0 Å². The van der Waals surface area contributed by atoms with Crippen LogP contribution in [0.2, 0.25) is 0 Å². The Balaban J connectivity index is 2.76. The minimum absolute atomic E-state index is 0.00736. The molecule has 1 aliphatic carbocycles. The number of nitrogens with zero attached hydrogens (tertiary/aromatic N) is 1. The van der Waals surface area contributed by atoms with E-state index in [4.69, 9.17) is 5.26 Å². The summed E-state index contributed by atoms with van der Waals surface area (Å²) in [4.78, 5) is 0. The van der Waals surface area contributed by atoms with Crippen molar-refractivity contribution in [3.05, 3.63) is 11.6 Å². The van der Waals surface area contributed by atoms with Gasteiger partial charge in [-0.15, -0.1) is 0 Å². The predicted octanol–water partition coefficient (Wildman–Crippen LogP) is 3.53. The van der Waals surface area contributed by atoms with Gasteiger partial charge in [-0.3, -0.25) is 0 Å². The number of hydrogen-bond donors (Lipinski definition) is 0. The fourth-order valence-electron chi connectivity index (χ4n) is 1.45. The smallest absolute Gasteiger partial charge is 0.0949 e. The second-order valence-corrected chi connectivity index (χ2v) is 5.74. The Bertz CT molecular complexity index is 270. The summed E-state index contributed by atoms with van der Waals surface area (Å²) in [5, 5.41) is 8.99. The first-order valence-corrected chi connectivity index (χ1v) is 4.90. The zero-order valence-electron chi connectivity index (χ0n) is 9.31. The molecule has 0 aromatic carbocycles. The lowest BCUT2D eigenvalue weighted by atomic mass is 9.86. The number of hydrogen-bond acceptors (Lipinski definition) is 1. The molecular weight excluding hydrogens is 158 g/mol. The van der Waals surface area contributed by atoms with Gasteiger partial charge < -0.3 is 0 Å².